The minimum atomic E-state index is -0.556. The Morgan fingerprint density at radius 2 is 2.29 bits per heavy atom. The predicted octanol–water partition coefficient (Wildman–Crippen LogP) is 1.14. The minimum absolute atomic E-state index is 0.124. The number of hydrogen-bond acceptors (Lipinski definition) is 4. The summed E-state index contributed by atoms with van der Waals surface area (Å²) in [4.78, 5) is 24.5. The van der Waals surface area contributed by atoms with Crippen LogP contribution in [0.4, 0.5) is 0 Å². The van der Waals surface area contributed by atoms with Crippen LogP contribution in [-0.4, -0.2) is 35.6 Å². The number of carbonyl (C=O) groups excluding carboxylic acids is 2. The van der Waals surface area contributed by atoms with E-state index in [0.717, 1.165) is 5.56 Å². The van der Waals surface area contributed by atoms with Gasteiger partial charge < -0.3 is 10.2 Å². The molecule has 1 heterocycles. The Morgan fingerprint density at radius 1 is 1.59 bits per heavy atom. The first-order valence-corrected chi connectivity index (χ1v) is 6.76. The quantitative estimate of drug-likeness (QED) is 0.790. The van der Waals surface area contributed by atoms with Crippen LogP contribution < -0.4 is 5.32 Å². The van der Waals surface area contributed by atoms with Crippen LogP contribution in [0.15, 0.2) is 16.8 Å². The van der Waals surface area contributed by atoms with E-state index in [1.165, 1.54) is 6.92 Å². The third-order valence-electron chi connectivity index (χ3n) is 2.23. The Kier molecular flexibility index (Phi) is 5.50. The Balaban J connectivity index is 2.57. The van der Waals surface area contributed by atoms with Gasteiger partial charge in [0.2, 0.25) is 11.8 Å². The van der Waals surface area contributed by atoms with Gasteiger partial charge in [-0.05, 0) is 22.4 Å². The summed E-state index contributed by atoms with van der Waals surface area (Å²) in [7, 11) is 1.72. The fourth-order valence-electron chi connectivity index (χ4n) is 1.43. The molecule has 1 N–H and O–H groups in total. The third kappa shape index (κ3) is 4.40. The van der Waals surface area contributed by atoms with Gasteiger partial charge in [-0.1, -0.05) is 0 Å². The third-order valence-corrected chi connectivity index (χ3v) is 3.33. The molecule has 0 saturated heterocycles. The molecule has 0 saturated carbocycles. The van der Waals surface area contributed by atoms with Gasteiger partial charge >= 0.3 is 0 Å². The summed E-state index contributed by atoms with van der Waals surface area (Å²) in [5.74, 6) is -0.0467. The Morgan fingerprint density at radius 3 is 2.76 bits per heavy atom. The molecule has 0 radical (unpaired) electrons. The van der Waals surface area contributed by atoms with E-state index in [9.17, 15) is 9.59 Å². The van der Waals surface area contributed by atoms with Crippen molar-refractivity contribution in [3.05, 3.63) is 22.4 Å². The number of carbonyl (C=O) groups is 2. The highest BCUT2D eigenvalue weighted by molar-refractivity contribution is 7.80. The molecule has 1 aromatic rings. The average Bonchev–Trinajstić information content (AvgIpc) is 2.77. The predicted molar refractivity (Wildman–Crippen MR) is 72.3 cm³/mol. The maximum atomic E-state index is 12.0. The van der Waals surface area contributed by atoms with Crippen LogP contribution in [0.1, 0.15) is 12.5 Å². The molecular formula is C11H16N2O2S2. The maximum Gasteiger partial charge on any atom is 0.246 e. The van der Waals surface area contributed by atoms with E-state index < -0.39 is 6.04 Å². The molecule has 1 rings (SSSR count). The number of amides is 2. The van der Waals surface area contributed by atoms with Crippen molar-refractivity contribution in [2.75, 3.05) is 12.8 Å². The van der Waals surface area contributed by atoms with Gasteiger partial charge in [0, 0.05) is 26.3 Å². The van der Waals surface area contributed by atoms with Crippen LogP contribution in [0.2, 0.25) is 0 Å². The minimum Gasteiger partial charge on any atom is -0.344 e. The summed E-state index contributed by atoms with van der Waals surface area (Å²) < 4.78 is 0. The Hall–Kier alpha value is -1.01. The lowest BCUT2D eigenvalue weighted by Crippen LogP contribution is -2.47. The van der Waals surface area contributed by atoms with Crippen LogP contribution >= 0.6 is 24.0 Å². The second-order valence-electron chi connectivity index (χ2n) is 3.76. The summed E-state index contributed by atoms with van der Waals surface area (Å²) in [6, 6.07) is 1.42. The van der Waals surface area contributed by atoms with E-state index in [-0.39, 0.29) is 11.8 Å². The summed E-state index contributed by atoms with van der Waals surface area (Å²) in [6.45, 7) is 1.94. The highest BCUT2D eigenvalue weighted by Gasteiger charge is 2.21. The van der Waals surface area contributed by atoms with Gasteiger partial charge in [0.05, 0.1) is 0 Å². The topological polar surface area (TPSA) is 49.4 Å². The molecule has 0 spiro atoms. The van der Waals surface area contributed by atoms with Crippen LogP contribution in [0, 0.1) is 0 Å². The van der Waals surface area contributed by atoms with E-state index in [2.05, 4.69) is 17.9 Å². The smallest absolute Gasteiger partial charge is 0.246 e. The highest BCUT2D eigenvalue weighted by Crippen LogP contribution is 2.09. The fourth-order valence-corrected chi connectivity index (χ4v) is 2.34. The fraction of sp³-hybridized carbons (Fsp3) is 0.455. The van der Waals surface area contributed by atoms with Gasteiger partial charge in [-0.15, -0.1) is 0 Å². The zero-order valence-electron chi connectivity index (χ0n) is 9.84. The van der Waals surface area contributed by atoms with Crippen molar-refractivity contribution in [2.24, 2.45) is 0 Å². The number of hydrogen-bond donors (Lipinski definition) is 2. The van der Waals surface area contributed by atoms with Gasteiger partial charge in [0.25, 0.3) is 0 Å². The van der Waals surface area contributed by atoms with Crippen LogP contribution in [0.3, 0.4) is 0 Å². The largest absolute Gasteiger partial charge is 0.344 e. The van der Waals surface area contributed by atoms with E-state index in [1.54, 1.807) is 23.3 Å². The lowest BCUT2D eigenvalue weighted by molar-refractivity contribution is -0.134. The molecule has 4 nitrogen and oxygen atoms in total. The first kappa shape index (κ1) is 14.1. The first-order valence-electron chi connectivity index (χ1n) is 5.18. The molecule has 0 fully saturated rings. The number of rotatable bonds is 5. The lowest BCUT2D eigenvalue weighted by Gasteiger charge is -2.22. The number of thiophene rings is 1. The SMILES string of the molecule is CC(=O)NC(CS)C(=O)N(C)Cc1ccsc1. The maximum absolute atomic E-state index is 12.0. The number of likely N-dealkylation sites (N-methyl/N-ethyl adjacent to an activating group) is 1. The number of nitrogens with one attached hydrogen (secondary N) is 1. The molecule has 6 heteroatoms. The van der Waals surface area contributed by atoms with Crippen molar-refractivity contribution in [1.82, 2.24) is 10.2 Å². The average molecular weight is 272 g/mol. The zero-order chi connectivity index (χ0) is 12.8. The van der Waals surface area contributed by atoms with Crippen molar-refractivity contribution in [3.63, 3.8) is 0 Å². The molecule has 0 aromatic carbocycles. The normalized spacial score (nSPS) is 11.9. The second kappa shape index (κ2) is 6.66. The number of nitrogens with zero attached hydrogens (tertiary/aromatic N) is 1. The molecule has 1 aromatic heterocycles. The summed E-state index contributed by atoms with van der Waals surface area (Å²) in [5.41, 5.74) is 1.09. The molecule has 0 aliphatic heterocycles. The van der Waals surface area contributed by atoms with Crippen LogP contribution in [-0.2, 0) is 16.1 Å². The van der Waals surface area contributed by atoms with Crippen molar-refractivity contribution in [1.29, 1.82) is 0 Å². The van der Waals surface area contributed by atoms with Gasteiger partial charge in [0.1, 0.15) is 6.04 Å². The molecule has 2 amide bonds. The first-order chi connectivity index (χ1) is 8.04. The Bertz CT molecular complexity index is 379. The molecule has 1 atom stereocenters. The van der Waals surface area contributed by atoms with Crippen molar-refractivity contribution < 1.29 is 9.59 Å². The van der Waals surface area contributed by atoms with Gasteiger partial charge in [-0.2, -0.15) is 24.0 Å². The molecule has 0 aliphatic rings. The molecular weight excluding hydrogens is 256 g/mol. The monoisotopic (exact) mass is 272 g/mol. The van der Waals surface area contributed by atoms with Gasteiger partial charge in [-0.3, -0.25) is 9.59 Å². The van der Waals surface area contributed by atoms with Crippen LogP contribution in [0.5, 0.6) is 0 Å². The summed E-state index contributed by atoms with van der Waals surface area (Å²) >= 11 is 5.67. The van der Waals surface area contributed by atoms with Crippen LogP contribution in [0.25, 0.3) is 0 Å². The standard InChI is InChI=1S/C11H16N2O2S2/c1-8(14)12-10(6-16)11(15)13(2)5-9-3-4-17-7-9/h3-4,7,10,16H,5-6H2,1-2H3,(H,12,14). The lowest BCUT2D eigenvalue weighted by atomic mass is 10.2. The van der Waals surface area contributed by atoms with Crippen molar-refractivity contribution in [3.8, 4) is 0 Å². The zero-order valence-corrected chi connectivity index (χ0v) is 11.6. The van der Waals surface area contributed by atoms with Gasteiger partial charge in [-0.25, -0.2) is 0 Å². The molecule has 17 heavy (non-hydrogen) atoms. The molecule has 0 aliphatic carbocycles. The van der Waals surface area contributed by atoms with Crippen molar-refractivity contribution in [2.45, 2.75) is 19.5 Å². The van der Waals surface area contributed by atoms with E-state index in [4.69, 9.17) is 0 Å². The molecule has 94 valence electrons. The second-order valence-corrected chi connectivity index (χ2v) is 4.91. The summed E-state index contributed by atoms with van der Waals surface area (Å²) in [6.07, 6.45) is 0. The Labute approximate surface area is 110 Å². The summed E-state index contributed by atoms with van der Waals surface area (Å²) in [5, 5.41) is 6.55. The van der Waals surface area contributed by atoms with E-state index in [0.29, 0.717) is 12.3 Å². The number of thiol groups is 1. The van der Waals surface area contributed by atoms with E-state index in [1.807, 2.05) is 16.8 Å². The highest BCUT2D eigenvalue weighted by atomic mass is 32.1. The van der Waals surface area contributed by atoms with Crippen molar-refractivity contribution >= 4 is 35.8 Å². The molecule has 0 bridgehead atoms. The van der Waals surface area contributed by atoms with E-state index >= 15 is 0 Å². The molecule has 1 unspecified atom stereocenters. The van der Waals surface area contributed by atoms with Gasteiger partial charge in [0.15, 0.2) is 0 Å².